The molecule has 0 saturated heterocycles. The smallest absolute Gasteiger partial charge is 0.340 e. The van der Waals surface area contributed by atoms with E-state index in [9.17, 15) is 14.4 Å². The molecule has 1 heterocycles. The van der Waals surface area contributed by atoms with Crippen molar-refractivity contribution in [3.63, 3.8) is 0 Å². The molecule has 0 aliphatic rings. The number of H-pyrrole nitrogens is 1. The first kappa shape index (κ1) is 20.4. The Morgan fingerprint density at radius 1 is 1.07 bits per heavy atom. The van der Waals surface area contributed by atoms with Gasteiger partial charge in [-0.25, -0.2) is 4.79 Å². The molecule has 1 N–H and O–H groups in total. The van der Waals surface area contributed by atoms with Crippen LogP contribution in [0.15, 0.2) is 30.3 Å². The highest BCUT2D eigenvalue weighted by Crippen LogP contribution is 2.21. The fourth-order valence-electron chi connectivity index (χ4n) is 2.96. The van der Waals surface area contributed by atoms with Crippen LogP contribution >= 0.6 is 0 Å². The summed E-state index contributed by atoms with van der Waals surface area (Å²) in [5.74, 6) is -1.30. The fourth-order valence-corrected chi connectivity index (χ4v) is 2.96. The van der Waals surface area contributed by atoms with E-state index in [1.165, 1.54) is 0 Å². The van der Waals surface area contributed by atoms with Gasteiger partial charge in [-0.1, -0.05) is 37.3 Å². The van der Waals surface area contributed by atoms with Crippen molar-refractivity contribution in [3.8, 4) is 0 Å². The molecule has 0 bridgehead atoms. The standard InChI is InChI=1S/C21H25NO5/c1-5-26-21(25)19-14(3)20(22-15(19)4)17(23)12-27-18(24)11-13(2)16-9-7-6-8-10-16/h6-10,13,22H,5,11-12H2,1-4H3/t13-/m1/s1. The van der Waals surface area contributed by atoms with Crippen molar-refractivity contribution < 1.29 is 23.9 Å². The molecule has 1 aromatic carbocycles. The van der Waals surface area contributed by atoms with E-state index in [2.05, 4.69) is 4.98 Å². The zero-order valence-corrected chi connectivity index (χ0v) is 16.1. The summed E-state index contributed by atoms with van der Waals surface area (Å²) in [6, 6.07) is 9.64. The zero-order valence-electron chi connectivity index (χ0n) is 16.1. The van der Waals surface area contributed by atoms with Crippen LogP contribution in [0, 0.1) is 13.8 Å². The van der Waals surface area contributed by atoms with E-state index in [4.69, 9.17) is 9.47 Å². The number of rotatable bonds is 8. The van der Waals surface area contributed by atoms with Crippen LogP contribution in [0.1, 0.15) is 63.9 Å². The molecule has 2 aromatic rings. The highest BCUT2D eigenvalue weighted by Gasteiger charge is 2.23. The van der Waals surface area contributed by atoms with Gasteiger partial charge in [0.15, 0.2) is 6.61 Å². The normalized spacial score (nSPS) is 11.7. The van der Waals surface area contributed by atoms with Crippen LogP contribution in [0.2, 0.25) is 0 Å². The predicted molar refractivity (Wildman–Crippen MR) is 101 cm³/mol. The number of hydrogen-bond acceptors (Lipinski definition) is 5. The van der Waals surface area contributed by atoms with Crippen molar-refractivity contribution in [2.24, 2.45) is 0 Å². The van der Waals surface area contributed by atoms with Crippen molar-refractivity contribution >= 4 is 17.7 Å². The minimum atomic E-state index is -0.475. The summed E-state index contributed by atoms with van der Waals surface area (Å²) in [4.78, 5) is 39.4. The summed E-state index contributed by atoms with van der Waals surface area (Å²) in [7, 11) is 0. The maximum atomic E-state index is 12.4. The largest absolute Gasteiger partial charge is 0.462 e. The van der Waals surface area contributed by atoms with Gasteiger partial charge < -0.3 is 14.5 Å². The topological polar surface area (TPSA) is 85.5 Å². The number of aryl methyl sites for hydroxylation is 1. The van der Waals surface area contributed by atoms with E-state index in [-0.39, 0.29) is 37.0 Å². The van der Waals surface area contributed by atoms with Gasteiger partial charge in [-0.2, -0.15) is 0 Å². The molecule has 6 heteroatoms. The number of carbonyl (C=O) groups excluding carboxylic acids is 3. The number of nitrogens with one attached hydrogen (secondary N) is 1. The first-order valence-corrected chi connectivity index (χ1v) is 8.95. The molecule has 0 aliphatic carbocycles. The van der Waals surface area contributed by atoms with E-state index in [0.717, 1.165) is 5.56 Å². The maximum absolute atomic E-state index is 12.4. The first-order valence-electron chi connectivity index (χ1n) is 8.95. The monoisotopic (exact) mass is 371 g/mol. The molecule has 0 spiro atoms. The fraction of sp³-hybridized carbons (Fsp3) is 0.381. The van der Waals surface area contributed by atoms with Crippen LogP contribution in [-0.4, -0.2) is 35.9 Å². The van der Waals surface area contributed by atoms with Crippen molar-refractivity contribution in [3.05, 3.63) is 58.4 Å². The Morgan fingerprint density at radius 2 is 1.74 bits per heavy atom. The third kappa shape index (κ3) is 5.06. The second-order valence-electron chi connectivity index (χ2n) is 6.45. The van der Waals surface area contributed by atoms with Gasteiger partial charge in [0.1, 0.15) is 0 Å². The summed E-state index contributed by atoms with van der Waals surface area (Å²) in [6.07, 6.45) is 0.189. The molecule has 0 unspecified atom stereocenters. The number of ether oxygens (including phenoxy) is 2. The SMILES string of the molecule is CCOC(=O)c1c(C)[nH]c(C(=O)COC(=O)C[C@@H](C)c2ccccc2)c1C. The van der Waals surface area contributed by atoms with Crippen molar-refractivity contribution in [1.29, 1.82) is 0 Å². The molecular weight excluding hydrogens is 346 g/mol. The number of carbonyl (C=O) groups is 3. The molecule has 0 aliphatic heterocycles. The van der Waals surface area contributed by atoms with Crippen molar-refractivity contribution in [1.82, 2.24) is 4.98 Å². The van der Waals surface area contributed by atoms with Gasteiger partial charge in [-0.15, -0.1) is 0 Å². The molecule has 0 radical (unpaired) electrons. The molecule has 0 amide bonds. The van der Waals surface area contributed by atoms with Crippen LogP contribution in [0.4, 0.5) is 0 Å². The van der Waals surface area contributed by atoms with E-state index in [1.54, 1.807) is 20.8 Å². The molecule has 1 atom stereocenters. The van der Waals surface area contributed by atoms with Gasteiger partial charge >= 0.3 is 11.9 Å². The lowest BCUT2D eigenvalue weighted by molar-refractivity contribution is -0.142. The highest BCUT2D eigenvalue weighted by atomic mass is 16.5. The third-order valence-corrected chi connectivity index (χ3v) is 4.40. The van der Waals surface area contributed by atoms with Crippen molar-refractivity contribution in [2.45, 2.75) is 40.0 Å². The molecular formula is C21H25NO5. The number of hydrogen-bond donors (Lipinski definition) is 1. The number of Topliss-reactive ketones (excluding diaryl/α,β-unsaturated/α-hetero) is 1. The average molecular weight is 371 g/mol. The van der Waals surface area contributed by atoms with E-state index in [0.29, 0.717) is 16.8 Å². The summed E-state index contributed by atoms with van der Waals surface area (Å²) < 4.78 is 10.1. The number of benzene rings is 1. The molecule has 27 heavy (non-hydrogen) atoms. The van der Waals surface area contributed by atoms with Crippen molar-refractivity contribution in [2.75, 3.05) is 13.2 Å². The van der Waals surface area contributed by atoms with E-state index < -0.39 is 11.9 Å². The van der Waals surface area contributed by atoms with Gasteiger partial charge in [-0.3, -0.25) is 9.59 Å². The Bertz CT molecular complexity index is 823. The van der Waals surface area contributed by atoms with Gasteiger partial charge in [0, 0.05) is 5.69 Å². The minimum Gasteiger partial charge on any atom is -0.462 e. The maximum Gasteiger partial charge on any atom is 0.340 e. The molecule has 0 saturated carbocycles. The lowest BCUT2D eigenvalue weighted by Gasteiger charge is -2.11. The molecule has 6 nitrogen and oxygen atoms in total. The quantitative estimate of drug-likeness (QED) is 0.564. The Hall–Kier alpha value is -2.89. The van der Waals surface area contributed by atoms with Gasteiger partial charge in [-0.05, 0) is 37.8 Å². The average Bonchev–Trinajstić information content (AvgIpc) is 2.95. The van der Waals surface area contributed by atoms with Crippen LogP contribution < -0.4 is 0 Å². The highest BCUT2D eigenvalue weighted by molar-refractivity contribution is 6.02. The van der Waals surface area contributed by atoms with Gasteiger partial charge in [0.05, 0.1) is 24.3 Å². The Morgan fingerprint density at radius 3 is 2.37 bits per heavy atom. The minimum absolute atomic E-state index is 0.00122. The number of esters is 2. The lowest BCUT2D eigenvalue weighted by atomic mass is 9.98. The Balaban J connectivity index is 1.96. The second-order valence-corrected chi connectivity index (χ2v) is 6.45. The Labute approximate surface area is 158 Å². The number of aromatic amines is 1. The molecule has 1 aromatic heterocycles. The summed E-state index contributed by atoms with van der Waals surface area (Å²) in [5, 5.41) is 0. The van der Waals surface area contributed by atoms with Crippen LogP contribution in [0.5, 0.6) is 0 Å². The number of aromatic nitrogens is 1. The van der Waals surface area contributed by atoms with Gasteiger partial charge in [0.25, 0.3) is 0 Å². The van der Waals surface area contributed by atoms with Crippen LogP contribution in [0.25, 0.3) is 0 Å². The molecule has 2 rings (SSSR count). The summed E-state index contributed by atoms with van der Waals surface area (Å²) in [6.45, 7) is 6.90. The zero-order chi connectivity index (χ0) is 20.0. The first-order chi connectivity index (χ1) is 12.8. The lowest BCUT2D eigenvalue weighted by Crippen LogP contribution is -2.16. The second kappa shape index (κ2) is 9.16. The Kier molecular flexibility index (Phi) is 6.93. The van der Waals surface area contributed by atoms with Crippen LogP contribution in [0.3, 0.4) is 0 Å². The summed E-state index contributed by atoms with van der Waals surface area (Å²) in [5.41, 5.74) is 2.71. The summed E-state index contributed by atoms with van der Waals surface area (Å²) >= 11 is 0. The van der Waals surface area contributed by atoms with E-state index >= 15 is 0 Å². The third-order valence-electron chi connectivity index (χ3n) is 4.40. The molecule has 0 fully saturated rings. The predicted octanol–water partition coefficient (Wildman–Crippen LogP) is 3.73. The molecule has 144 valence electrons. The number of ketones is 1. The van der Waals surface area contributed by atoms with E-state index in [1.807, 2.05) is 37.3 Å². The van der Waals surface area contributed by atoms with Gasteiger partial charge in [0.2, 0.25) is 5.78 Å². The van der Waals surface area contributed by atoms with Crippen LogP contribution in [-0.2, 0) is 14.3 Å².